The van der Waals surface area contributed by atoms with Gasteiger partial charge in [0.15, 0.2) is 0 Å². The van der Waals surface area contributed by atoms with Crippen LogP contribution in [0.5, 0.6) is 0 Å². The van der Waals surface area contributed by atoms with Crippen molar-refractivity contribution in [3.8, 4) is 0 Å². The zero-order valence-electron chi connectivity index (χ0n) is 2.56. The molecule has 0 aliphatic carbocycles. The third kappa shape index (κ3) is 10.0. The minimum absolute atomic E-state index is 0. The van der Waals surface area contributed by atoms with E-state index in [0.717, 1.165) is 0 Å². The Balaban J connectivity index is -0.00000000500. The molecular weight excluding hydrogens is 100 g/mol. The fourth-order valence-electron chi connectivity index (χ4n) is 0. The summed E-state index contributed by atoms with van der Waals surface area (Å²) in [5.41, 5.74) is 0. The van der Waals surface area contributed by atoms with E-state index in [2.05, 4.69) is 0 Å². The summed E-state index contributed by atoms with van der Waals surface area (Å²) in [6.07, 6.45) is 0. The van der Waals surface area contributed by atoms with Gasteiger partial charge in [-0.05, 0) is 0 Å². The van der Waals surface area contributed by atoms with E-state index >= 15 is 0 Å². The van der Waals surface area contributed by atoms with E-state index in [4.69, 9.17) is 4.80 Å². The van der Waals surface area contributed by atoms with E-state index < -0.39 is 0 Å². The molecule has 4 heteroatoms. The van der Waals surface area contributed by atoms with Gasteiger partial charge < -0.3 is 10.3 Å². The van der Waals surface area contributed by atoms with E-state index in [-0.39, 0.29) is 53.7 Å². The van der Waals surface area contributed by atoms with Crippen molar-refractivity contribution < 1.29 is 10.3 Å². The van der Waals surface area contributed by atoms with Crippen LogP contribution in [0.25, 0.3) is 0 Å². The molecule has 0 aromatic carbocycles. The van der Waals surface area contributed by atoms with Crippen molar-refractivity contribution in [3.63, 3.8) is 0 Å². The molecule has 22 valence electrons. The quantitative estimate of drug-likeness (QED) is 0.309. The predicted molar refractivity (Wildman–Crippen MR) is 17.6 cm³/mol. The largest absolute Gasteiger partial charge is 2.00 e. The maximum absolute atomic E-state index is 8.39. The van der Waals surface area contributed by atoms with Crippen LogP contribution in [0.2, 0.25) is 0 Å². The Bertz CT molecular complexity index is 6.00. The molecule has 0 amide bonds. The number of rotatable bonds is 0. The second-order valence-electron chi connectivity index (χ2n) is 0. The standard InChI is InChI=1S/Ca.H3OSi.H2O/c;1-2;/h;2H3;1H2/q+2;-1;/p-1. The zero-order chi connectivity index (χ0) is 2.00. The van der Waals surface area contributed by atoms with Crippen molar-refractivity contribution in [1.82, 2.24) is 0 Å². The third-order valence-electron chi connectivity index (χ3n) is 0. The molecule has 2 nitrogen and oxygen atoms in total. The van der Waals surface area contributed by atoms with Crippen LogP contribution >= 0.6 is 0 Å². The first-order valence-corrected chi connectivity index (χ1v) is 1.22. The maximum atomic E-state index is 8.39. The Morgan fingerprint density at radius 2 is 1.25 bits per heavy atom. The van der Waals surface area contributed by atoms with E-state index in [1.165, 1.54) is 0 Å². The smallest absolute Gasteiger partial charge is 0.870 e. The summed E-state index contributed by atoms with van der Waals surface area (Å²) in [7, 11) is 0.0556. The van der Waals surface area contributed by atoms with Gasteiger partial charge >= 0.3 is 37.7 Å². The SMILES string of the molecule is [Ca+2].[O-][SiH3].[OH-]. The number of hydrogen-bond donors (Lipinski definition) is 0. The average Bonchev–Trinajstić information content (AvgIpc) is 1.00. The Morgan fingerprint density at radius 3 is 1.25 bits per heavy atom. The van der Waals surface area contributed by atoms with E-state index in [9.17, 15) is 0 Å². The summed E-state index contributed by atoms with van der Waals surface area (Å²) in [5, 5.41) is 0. The summed E-state index contributed by atoms with van der Waals surface area (Å²) >= 11 is 0. The minimum Gasteiger partial charge on any atom is -0.870 e. The summed E-state index contributed by atoms with van der Waals surface area (Å²) < 4.78 is 0. The molecule has 0 spiro atoms. The molecule has 0 aromatic rings. The molecule has 0 aromatic heterocycles. The van der Waals surface area contributed by atoms with Crippen molar-refractivity contribution in [2.24, 2.45) is 0 Å². The van der Waals surface area contributed by atoms with Crippen molar-refractivity contribution in [2.45, 2.75) is 0 Å². The Hall–Kier alpha value is 1.40. The van der Waals surface area contributed by atoms with Crippen molar-refractivity contribution in [1.29, 1.82) is 0 Å². The fourth-order valence-corrected chi connectivity index (χ4v) is 0. The van der Waals surface area contributed by atoms with Crippen LogP contribution in [0.1, 0.15) is 0 Å². The number of hydrogen-bond acceptors (Lipinski definition) is 2. The summed E-state index contributed by atoms with van der Waals surface area (Å²) in [4.78, 5) is 8.39. The first-order chi connectivity index (χ1) is 1.00. The summed E-state index contributed by atoms with van der Waals surface area (Å²) in [6.45, 7) is 0. The van der Waals surface area contributed by atoms with Crippen LogP contribution < -0.4 is 4.80 Å². The molecule has 1 N–H and O–H groups in total. The van der Waals surface area contributed by atoms with Gasteiger partial charge in [-0.1, -0.05) is 10.5 Å². The van der Waals surface area contributed by atoms with Crippen LogP contribution in [0.4, 0.5) is 0 Å². The Kier molecular flexibility index (Phi) is 118. The molecule has 0 radical (unpaired) electrons. The van der Waals surface area contributed by atoms with Crippen molar-refractivity contribution in [2.75, 3.05) is 0 Å². The van der Waals surface area contributed by atoms with Gasteiger partial charge in [0, 0.05) is 0 Å². The van der Waals surface area contributed by atoms with Gasteiger partial charge in [0.05, 0.1) is 0 Å². The summed E-state index contributed by atoms with van der Waals surface area (Å²) in [5.74, 6) is 0. The van der Waals surface area contributed by atoms with Crippen LogP contribution in [0, 0.1) is 0 Å². The maximum Gasteiger partial charge on any atom is 2.00 e. The van der Waals surface area contributed by atoms with E-state index in [1.54, 1.807) is 0 Å². The van der Waals surface area contributed by atoms with Gasteiger partial charge in [0.1, 0.15) is 0 Å². The molecule has 0 aliphatic heterocycles. The molecule has 0 bridgehead atoms. The van der Waals surface area contributed by atoms with E-state index in [1.807, 2.05) is 0 Å². The molecule has 0 rings (SSSR count). The Labute approximate surface area is 58.1 Å². The minimum atomic E-state index is 0. The second-order valence-corrected chi connectivity index (χ2v) is 0. The van der Waals surface area contributed by atoms with Gasteiger partial charge in [0.25, 0.3) is 0 Å². The van der Waals surface area contributed by atoms with Gasteiger partial charge in [-0.3, -0.25) is 0 Å². The molecule has 0 fully saturated rings. The third-order valence-corrected chi connectivity index (χ3v) is 0. The fraction of sp³-hybridized carbons (Fsp3) is 0. The molecule has 0 heterocycles. The molecule has 0 aliphatic rings. The molecule has 0 atom stereocenters. The molecule has 4 heavy (non-hydrogen) atoms. The van der Waals surface area contributed by atoms with Crippen LogP contribution in [0.3, 0.4) is 0 Å². The van der Waals surface area contributed by atoms with Crippen LogP contribution in [0.15, 0.2) is 0 Å². The molecule has 0 saturated carbocycles. The van der Waals surface area contributed by atoms with Crippen molar-refractivity contribution >= 4 is 48.2 Å². The normalized spacial score (nSPS) is 2.25. The summed E-state index contributed by atoms with van der Waals surface area (Å²) in [6, 6.07) is 0. The predicted octanol–water partition coefficient (Wildman–Crippen LogP) is -2.93. The van der Waals surface area contributed by atoms with Crippen molar-refractivity contribution in [3.05, 3.63) is 0 Å². The van der Waals surface area contributed by atoms with Crippen LogP contribution in [-0.4, -0.2) is 53.7 Å². The second kappa shape index (κ2) is 26.0. The first-order valence-electron chi connectivity index (χ1n) is 0.408. The zero-order valence-corrected chi connectivity index (χ0v) is 6.77. The van der Waals surface area contributed by atoms with Gasteiger partial charge in [0.2, 0.25) is 0 Å². The molecular formula is H4CaO2Si. The molecule has 0 saturated heterocycles. The van der Waals surface area contributed by atoms with E-state index in [0.29, 0.717) is 0 Å². The average molecular weight is 104 g/mol. The van der Waals surface area contributed by atoms with Gasteiger partial charge in [-0.2, -0.15) is 0 Å². The molecule has 0 unspecified atom stereocenters. The van der Waals surface area contributed by atoms with Crippen LogP contribution in [-0.2, 0) is 0 Å². The monoisotopic (exact) mass is 104 g/mol. The first kappa shape index (κ1) is 18.2. The van der Waals surface area contributed by atoms with Gasteiger partial charge in [-0.25, -0.2) is 0 Å². The van der Waals surface area contributed by atoms with Gasteiger partial charge in [-0.15, -0.1) is 0 Å². The topological polar surface area (TPSA) is 53.1 Å². The Morgan fingerprint density at radius 1 is 1.25 bits per heavy atom.